The monoisotopic (exact) mass is 324 g/mol. The number of hydrogen-bond donors (Lipinski definition) is 1. The van der Waals surface area contributed by atoms with E-state index in [0.29, 0.717) is 5.89 Å². The maximum atomic E-state index is 11.6. The molecule has 0 aliphatic rings. The first kappa shape index (κ1) is 13.6. The number of nitrogens with two attached hydrogens (primary N) is 1. The molecule has 1 aromatic heterocycles. The number of rotatable bonds is 3. The van der Waals surface area contributed by atoms with Crippen LogP contribution in [0.15, 0.2) is 27.1 Å². The average molecular weight is 325 g/mol. The van der Waals surface area contributed by atoms with E-state index in [1.807, 2.05) is 25.1 Å². The number of halogens is 1. The molecule has 0 fully saturated rings. The third-order valence-corrected chi connectivity index (χ3v) is 3.48. The number of nitrogens with zero attached hydrogens (tertiary/aromatic N) is 1. The third kappa shape index (κ3) is 2.63. The van der Waals surface area contributed by atoms with Crippen LogP contribution in [0.1, 0.15) is 23.0 Å². The highest BCUT2D eigenvalue weighted by Gasteiger charge is 2.21. The van der Waals surface area contributed by atoms with Crippen molar-refractivity contribution in [1.82, 2.24) is 4.98 Å². The molecule has 0 spiro atoms. The molecule has 0 radical (unpaired) electrons. The van der Waals surface area contributed by atoms with Gasteiger partial charge < -0.3 is 14.9 Å². The highest BCUT2D eigenvalue weighted by molar-refractivity contribution is 9.10. The Hall–Kier alpha value is -1.82. The second-order valence-electron chi connectivity index (χ2n) is 3.86. The fraction of sp³-hybridized carbons (Fsp3) is 0.231. The van der Waals surface area contributed by atoms with Crippen LogP contribution in [-0.2, 0) is 4.74 Å². The van der Waals surface area contributed by atoms with Crippen molar-refractivity contribution in [1.29, 1.82) is 0 Å². The molecule has 5 nitrogen and oxygen atoms in total. The van der Waals surface area contributed by atoms with E-state index in [4.69, 9.17) is 14.9 Å². The van der Waals surface area contributed by atoms with Crippen molar-refractivity contribution < 1.29 is 13.9 Å². The van der Waals surface area contributed by atoms with Crippen LogP contribution in [0, 0.1) is 6.92 Å². The van der Waals surface area contributed by atoms with Gasteiger partial charge >= 0.3 is 5.97 Å². The molecule has 2 aromatic rings. The van der Waals surface area contributed by atoms with Crippen molar-refractivity contribution in [3.05, 3.63) is 33.9 Å². The van der Waals surface area contributed by atoms with E-state index in [9.17, 15) is 4.79 Å². The first-order valence-electron chi connectivity index (χ1n) is 5.73. The number of oxazole rings is 1. The first-order valence-corrected chi connectivity index (χ1v) is 6.52. The molecule has 0 amide bonds. The fourth-order valence-corrected chi connectivity index (χ4v) is 2.00. The molecule has 0 unspecified atom stereocenters. The first-order chi connectivity index (χ1) is 9.04. The van der Waals surface area contributed by atoms with Gasteiger partial charge in [-0.1, -0.05) is 22.0 Å². The summed E-state index contributed by atoms with van der Waals surface area (Å²) in [6, 6.07) is 5.62. The third-order valence-electron chi connectivity index (χ3n) is 2.62. The van der Waals surface area contributed by atoms with Gasteiger partial charge in [-0.25, -0.2) is 4.79 Å². The predicted octanol–water partition coefficient (Wildman–Crippen LogP) is 3.17. The number of nitrogen functional groups attached to an aromatic ring is 1. The zero-order chi connectivity index (χ0) is 14.0. The lowest BCUT2D eigenvalue weighted by Gasteiger charge is -2.02. The zero-order valence-electron chi connectivity index (χ0n) is 10.6. The van der Waals surface area contributed by atoms with E-state index in [1.165, 1.54) is 0 Å². The topological polar surface area (TPSA) is 78.3 Å². The van der Waals surface area contributed by atoms with Gasteiger partial charge in [-0.2, -0.15) is 4.98 Å². The van der Waals surface area contributed by atoms with E-state index in [-0.39, 0.29) is 18.2 Å². The SMILES string of the molecule is CCOC(=O)c1nc(-c2cccc(Br)c2C)oc1N. The molecule has 0 aliphatic carbocycles. The minimum Gasteiger partial charge on any atom is -0.461 e. The van der Waals surface area contributed by atoms with Crippen molar-refractivity contribution in [2.75, 3.05) is 12.3 Å². The smallest absolute Gasteiger partial charge is 0.362 e. The van der Waals surface area contributed by atoms with E-state index in [2.05, 4.69) is 20.9 Å². The number of carbonyl (C=O) groups excluding carboxylic acids is 1. The molecule has 1 heterocycles. The molecule has 0 atom stereocenters. The molecular formula is C13H13BrN2O3. The lowest BCUT2D eigenvalue weighted by molar-refractivity contribution is 0.0521. The minimum atomic E-state index is -0.581. The Balaban J connectivity index is 2.45. The summed E-state index contributed by atoms with van der Waals surface area (Å²) >= 11 is 3.43. The van der Waals surface area contributed by atoms with Crippen LogP contribution >= 0.6 is 15.9 Å². The highest BCUT2D eigenvalue weighted by Crippen LogP contribution is 2.30. The Morgan fingerprint density at radius 3 is 2.95 bits per heavy atom. The van der Waals surface area contributed by atoms with Gasteiger partial charge in [-0.05, 0) is 31.5 Å². The molecule has 1 aromatic carbocycles. The maximum absolute atomic E-state index is 11.6. The summed E-state index contributed by atoms with van der Waals surface area (Å²) in [5.74, 6) is -0.310. The predicted molar refractivity (Wildman–Crippen MR) is 74.7 cm³/mol. The molecule has 0 bridgehead atoms. The summed E-state index contributed by atoms with van der Waals surface area (Å²) in [6.07, 6.45) is 0. The summed E-state index contributed by atoms with van der Waals surface area (Å²) in [4.78, 5) is 15.7. The van der Waals surface area contributed by atoms with Crippen molar-refractivity contribution in [2.45, 2.75) is 13.8 Å². The van der Waals surface area contributed by atoms with Gasteiger partial charge in [0.1, 0.15) is 0 Å². The number of anilines is 1. The minimum absolute atomic E-state index is 0.0104. The van der Waals surface area contributed by atoms with Gasteiger partial charge in [-0.3, -0.25) is 0 Å². The lowest BCUT2D eigenvalue weighted by atomic mass is 10.1. The van der Waals surface area contributed by atoms with Gasteiger partial charge in [0, 0.05) is 10.0 Å². The number of carbonyl (C=O) groups is 1. The Bertz CT molecular complexity index is 622. The van der Waals surface area contributed by atoms with E-state index < -0.39 is 5.97 Å². The van der Waals surface area contributed by atoms with Crippen molar-refractivity contribution in [3.63, 3.8) is 0 Å². The van der Waals surface area contributed by atoms with E-state index in [0.717, 1.165) is 15.6 Å². The van der Waals surface area contributed by atoms with Crippen LogP contribution in [0.5, 0.6) is 0 Å². The summed E-state index contributed by atoms with van der Waals surface area (Å²) in [5.41, 5.74) is 7.40. The van der Waals surface area contributed by atoms with Crippen molar-refractivity contribution >= 4 is 27.8 Å². The van der Waals surface area contributed by atoms with E-state index in [1.54, 1.807) is 6.92 Å². The number of aromatic nitrogens is 1. The van der Waals surface area contributed by atoms with Crippen LogP contribution in [0.25, 0.3) is 11.5 Å². The van der Waals surface area contributed by atoms with Crippen LogP contribution in [0.3, 0.4) is 0 Å². The average Bonchev–Trinajstić information content (AvgIpc) is 2.75. The van der Waals surface area contributed by atoms with Crippen LogP contribution in [0.2, 0.25) is 0 Å². The highest BCUT2D eigenvalue weighted by atomic mass is 79.9. The number of ether oxygens (including phenoxy) is 1. The molecule has 19 heavy (non-hydrogen) atoms. The standard InChI is InChI=1S/C13H13BrN2O3/c1-3-18-13(17)10-11(15)19-12(16-10)8-5-4-6-9(14)7(8)2/h4-6H,3,15H2,1-2H3. The van der Waals surface area contributed by atoms with E-state index >= 15 is 0 Å². The largest absolute Gasteiger partial charge is 0.461 e. The molecular weight excluding hydrogens is 312 g/mol. The molecule has 0 saturated carbocycles. The lowest BCUT2D eigenvalue weighted by Crippen LogP contribution is -2.07. The number of hydrogen-bond acceptors (Lipinski definition) is 5. The van der Waals surface area contributed by atoms with Gasteiger partial charge in [-0.15, -0.1) is 0 Å². The van der Waals surface area contributed by atoms with Gasteiger partial charge in [0.15, 0.2) is 0 Å². The van der Waals surface area contributed by atoms with Crippen LogP contribution < -0.4 is 5.73 Å². The second kappa shape index (κ2) is 5.44. The van der Waals surface area contributed by atoms with Gasteiger partial charge in [0.05, 0.1) is 6.61 Å². The Kier molecular flexibility index (Phi) is 3.90. The molecule has 2 rings (SSSR count). The summed E-state index contributed by atoms with van der Waals surface area (Å²) in [5, 5.41) is 0. The van der Waals surface area contributed by atoms with Crippen LogP contribution in [0.4, 0.5) is 5.88 Å². The fourth-order valence-electron chi connectivity index (χ4n) is 1.63. The van der Waals surface area contributed by atoms with Gasteiger partial charge in [0.25, 0.3) is 0 Å². The molecule has 100 valence electrons. The van der Waals surface area contributed by atoms with Crippen LogP contribution in [-0.4, -0.2) is 17.6 Å². The maximum Gasteiger partial charge on any atom is 0.362 e. The molecule has 2 N–H and O–H groups in total. The number of benzene rings is 1. The summed E-state index contributed by atoms with van der Waals surface area (Å²) in [6.45, 7) is 3.90. The summed E-state index contributed by atoms with van der Waals surface area (Å²) < 4.78 is 11.1. The zero-order valence-corrected chi connectivity index (χ0v) is 12.2. The quantitative estimate of drug-likeness (QED) is 0.877. The molecule has 0 aliphatic heterocycles. The van der Waals surface area contributed by atoms with Crippen molar-refractivity contribution in [2.24, 2.45) is 0 Å². The second-order valence-corrected chi connectivity index (χ2v) is 4.72. The van der Waals surface area contributed by atoms with Crippen molar-refractivity contribution in [3.8, 4) is 11.5 Å². The summed E-state index contributed by atoms with van der Waals surface area (Å²) in [7, 11) is 0. The normalized spacial score (nSPS) is 10.5. The van der Waals surface area contributed by atoms with Gasteiger partial charge in [0.2, 0.25) is 17.5 Å². The molecule has 6 heteroatoms. The Labute approximate surface area is 118 Å². The molecule has 0 saturated heterocycles. The Morgan fingerprint density at radius 1 is 1.53 bits per heavy atom. The Morgan fingerprint density at radius 2 is 2.26 bits per heavy atom. The number of esters is 1.